The predicted molar refractivity (Wildman–Crippen MR) is 84.4 cm³/mol. The van der Waals surface area contributed by atoms with E-state index < -0.39 is 4.92 Å². The summed E-state index contributed by atoms with van der Waals surface area (Å²) in [6, 6.07) is 0. The molecule has 0 atom stereocenters. The quantitative estimate of drug-likeness (QED) is 0.554. The summed E-state index contributed by atoms with van der Waals surface area (Å²) in [6.07, 6.45) is 3.77. The zero-order valence-corrected chi connectivity index (χ0v) is 13.5. The SMILES string of the molecule is CCCOc1nc(C2CC2)nc(NCCC(C)C)c1[N+](=O)[O-]. The Balaban J connectivity index is 2.29. The van der Waals surface area contributed by atoms with Gasteiger partial charge >= 0.3 is 5.69 Å². The molecule has 0 amide bonds. The number of ether oxygens (including phenoxy) is 1. The van der Waals surface area contributed by atoms with Crippen molar-refractivity contribution in [2.24, 2.45) is 5.92 Å². The molecule has 0 aliphatic heterocycles. The van der Waals surface area contributed by atoms with Crippen LogP contribution in [0, 0.1) is 16.0 Å². The van der Waals surface area contributed by atoms with Crippen LogP contribution in [0.5, 0.6) is 5.88 Å². The monoisotopic (exact) mass is 308 g/mol. The lowest BCUT2D eigenvalue weighted by atomic mass is 10.1. The van der Waals surface area contributed by atoms with Gasteiger partial charge in [-0.25, -0.2) is 4.98 Å². The van der Waals surface area contributed by atoms with Crippen molar-refractivity contribution in [2.75, 3.05) is 18.5 Å². The Kier molecular flexibility index (Phi) is 5.51. The summed E-state index contributed by atoms with van der Waals surface area (Å²) in [5.74, 6) is 1.87. The van der Waals surface area contributed by atoms with Gasteiger partial charge in [0.1, 0.15) is 5.82 Å². The van der Waals surface area contributed by atoms with E-state index in [0.717, 1.165) is 25.7 Å². The first-order chi connectivity index (χ1) is 10.5. The number of nitrogens with zero attached hydrogens (tertiary/aromatic N) is 3. The van der Waals surface area contributed by atoms with Crippen molar-refractivity contribution < 1.29 is 9.66 Å². The minimum Gasteiger partial charge on any atom is -0.473 e. The number of nitrogens with one attached hydrogen (secondary N) is 1. The summed E-state index contributed by atoms with van der Waals surface area (Å²) in [5, 5.41) is 14.5. The maximum Gasteiger partial charge on any atom is 0.372 e. The van der Waals surface area contributed by atoms with Gasteiger partial charge in [0.25, 0.3) is 5.88 Å². The summed E-state index contributed by atoms with van der Waals surface area (Å²) in [7, 11) is 0. The first-order valence-electron chi connectivity index (χ1n) is 7.95. The van der Waals surface area contributed by atoms with Gasteiger partial charge in [0.2, 0.25) is 5.82 Å². The minimum absolute atomic E-state index is 0.0933. The van der Waals surface area contributed by atoms with Crippen LogP contribution in [0.25, 0.3) is 0 Å². The normalized spacial score (nSPS) is 14.2. The van der Waals surface area contributed by atoms with E-state index in [1.165, 1.54) is 0 Å². The van der Waals surface area contributed by atoms with E-state index in [0.29, 0.717) is 30.8 Å². The Morgan fingerprint density at radius 2 is 2.14 bits per heavy atom. The van der Waals surface area contributed by atoms with E-state index in [1.807, 2.05) is 6.92 Å². The predicted octanol–water partition coefficient (Wildman–Crippen LogP) is 3.51. The maximum absolute atomic E-state index is 11.4. The highest BCUT2D eigenvalue weighted by Gasteiger charge is 2.32. The molecule has 22 heavy (non-hydrogen) atoms. The van der Waals surface area contributed by atoms with Gasteiger partial charge in [0, 0.05) is 12.5 Å². The summed E-state index contributed by atoms with van der Waals surface area (Å²) in [5.41, 5.74) is -0.151. The molecule has 1 N–H and O–H groups in total. The van der Waals surface area contributed by atoms with Gasteiger partial charge in [-0.3, -0.25) is 10.1 Å². The number of anilines is 1. The molecule has 1 heterocycles. The van der Waals surface area contributed by atoms with Crippen LogP contribution in [0.3, 0.4) is 0 Å². The zero-order chi connectivity index (χ0) is 16.1. The molecule has 0 radical (unpaired) electrons. The third-order valence-electron chi connectivity index (χ3n) is 3.45. The molecule has 2 rings (SSSR count). The maximum atomic E-state index is 11.4. The molecular formula is C15H24N4O3. The molecule has 7 nitrogen and oxygen atoms in total. The molecule has 1 aromatic rings. The molecule has 0 unspecified atom stereocenters. The molecule has 1 saturated carbocycles. The van der Waals surface area contributed by atoms with Crippen LogP contribution in [0.2, 0.25) is 0 Å². The van der Waals surface area contributed by atoms with Crippen LogP contribution in [-0.2, 0) is 0 Å². The lowest BCUT2D eigenvalue weighted by Crippen LogP contribution is -2.12. The second-order valence-electron chi connectivity index (χ2n) is 6.07. The van der Waals surface area contributed by atoms with Gasteiger partial charge in [0.15, 0.2) is 0 Å². The average Bonchev–Trinajstić information content (AvgIpc) is 3.28. The smallest absolute Gasteiger partial charge is 0.372 e. The van der Waals surface area contributed by atoms with Crippen LogP contribution >= 0.6 is 0 Å². The Labute approximate surface area is 130 Å². The number of hydrogen-bond acceptors (Lipinski definition) is 6. The zero-order valence-electron chi connectivity index (χ0n) is 13.5. The van der Waals surface area contributed by atoms with Gasteiger partial charge in [0.05, 0.1) is 11.5 Å². The van der Waals surface area contributed by atoms with Crippen LogP contribution in [-0.4, -0.2) is 28.0 Å². The summed E-state index contributed by atoms with van der Waals surface area (Å²) >= 11 is 0. The fourth-order valence-corrected chi connectivity index (χ4v) is 2.04. The second-order valence-corrected chi connectivity index (χ2v) is 6.07. The summed E-state index contributed by atoms with van der Waals surface area (Å²) < 4.78 is 5.50. The number of hydrogen-bond donors (Lipinski definition) is 1. The number of nitro groups is 1. The van der Waals surface area contributed by atoms with Crippen molar-refractivity contribution in [3.05, 3.63) is 15.9 Å². The van der Waals surface area contributed by atoms with Crippen LogP contribution in [0.4, 0.5) is 11.5 Å². The first kappa shape index (κ1) is 16.5. The lowest BCUT2D eigenvalue weighted by Gasteiger charge is -2.12. The van der Waals surface area contributed by atoms with Gasteiger partial charge in [-0.1, -0.05) is 20.8 Å². The van der Waals surface area contributed by atoms with Crippen LogP contribution in [0.15, 0.2) is 0 Å². The Hall–Kier alpha value is -1.92. The Bertz CT molecular complexity index is 530. The molecule has 122 valence electrons. The van der Waals surface area contributed by atoms with E-state index >= 15 is 0 Å². The van der Waals surface area contributed by atoms with Gasteiger partial charge in [-0.15, -0.1) is 0 Å². The Morgan fingerprint density at radius 3 is 2.68 bits per heavy atom. The molecule has 7 heteroatoms. The fraction of sp³-hybridized carbons (Fsp3) is 0.733. The van der Waals surface area contributed by atoms with Crippen molar-refractivity contribution in [2.45, 2.75) is 52.4 Å². The highest BCUT2D eigenvalue weighted by molar-refractivity contribution is 5.62. The molecule has 1 aliphatic carbocycles. The van der Waals surface area contributed by atoms with E-state index in [4.69, 9.17) is 4.74 Å². The molecule has 1 aromatic heterocycles. The van der Waals surface area contributed by atoms with Crippen molar-refractivity contribution >= 4 is 11.5 Å². The van der Waals surface area contributed by atoms with E-state index in [9.17, 15) is 10.1 Å². The molecule has 0 saturated heterocycles. The third-order valence-corrected chi connectivity index (χ3v) is 3.45. The van der Waals surface area contributed by atoms with E-state index in [-0.39, 0.29) is 17.4 Å². The highest BCUT2D eigenvalue weighted by Crippen LogP contribution is 2.42. The number of aromatic nitrogens is 2. The molecule has 0 bridgehead atoms. The minimum atomic E-state index is -0.459. The molecule has 0 aromatic carbocycles. The molecule has 1 fully saturated rings. The number of rotatable bonds is 9. The van der Waals surface area contributed by atoms with Crippen molar-refractivity contribution in [1.29, 1.82) is 0 Å². The van der Waals surface area contributed by atoms with Crippen molar-refractivity contribution in [3.8, 4) is 5.88 Å². The summed E-state index contributed by atoms with van der Waals surface area (Å²) in [6.45, 7) is 7.24. The summed E-state index contributed by atoms with van der Waals surface area (Å²) in [4.78, 5) is 19.6. The highest BCUT2D eigenvalue weighted by atomic mass is 16.6. The van der Waals surface area contributed by atoms with Crippen LogP contribution < -0.4 is 10.1 Å². The van der Waals surface area contributed by atoms with Gasteiger partial charge < -0.3 is 10.1 Å². The standard InChI is InChI=1S/C15H24N4O3/c1-4-9-22-15-12(19(20)21)14(16-8-7-10(2)3)17-13(18-15)11-5-6-11/h10-11H,4-9H2,1-3H3,(H,16,17,18). The van der Waals surface area contributed by atoms with E-state index in [1.54, 1.807) is 0 Å². The largest absolute Gasteiger partial charge is 0.473 e. The topological polar surface area (TPSA) is 90.2 Å². The first-order valence-corrected chi connectivity index (χ1v) is 7.95. The average molecular weight is 308 g/mol. The second kappa shape index (κ2) is 7.38. The van der Waals surface area contributed by atoms with E-state index in [2.05, 4.69) is 29.1 Å². The lowest BCUT2D eigenvalue weighted by molar-refractivity contribution is -0.385. The van der Waals surface area contributed by atoms with Crippen molar-refractivity contribution in [1.82, 2.24) is 9.97 Å². The fourth-order valence-electron chi connectivity index (χ4n) is 2.04. The van der Waals surface area contributed by atoms with Gasteiger partial charge in [-0.05, 0) is 31.6 Å². The third kappa shape index (κ3) is 4.29. The van der Waals surface area contributed by atoms with Crippen molar-refractivity contribution in [3.63, 3.8) is 0 Å². The Morgan fingerprint density at radius 1 is 1.41 bits per heavy atom. The van der Waals surface area contributed by atoms with Gasteiger partial charge in [-0.2, -0.15) is 4.98 Å². The molecule has 1 aliphatic rings. The molecular weight excluding hydrogens is 284 g/mol. The van der Waals surface area contributed by atoms with Crippen LogP contribution in [0.1, 0.15) is 58.2 Å². The molecule has 0 spiro atoms.